The molecule has 70 valence electrons. The summed E-state index contributed by atoms with van der Waals surface area (Å²) in [4.78, 5) is 8.55. The van der Waals surface area contributed by atoms with Crippen LogP contribution in [-0.4, -0.2) is 24.6 Å². The number of aliphatic imine (C=N–C) groups is 2. The minimum Gasteiger partial charge on any atom is -0.417 e. The van der Waals surface area contributed by atoms with E-state index in [2.05, 4.69) is 28.6 Å². The van der Waals surface area contributed by atoms with E-state index in [4.69, 9.17) is 0 Å². The van der Waals surface area contributed by atoms with Crippen molar-refractivity contribution in [3.8, 4) is 0 Å². The lowest BCUT2D eigenvalue weighted by atomic mass is 10.3. The van der Waals surface area contributed by atoms with Crippen molar-refractivity contribution in [2.75, 3.05) is 6.26 Å². The number of thioether (sulfide) groups is 1. The third-order valence-electron chi connectivity index (χ3n) is 1.99. The number of nitrogens with one attached hydrogen (secondary N) is 1. The number of nitrogens with zero attached hydrogens (tertiary/aromatic N) is 3. The minimum absolute atomic E-state index is 0.0372. The van der Waals surface area contributed by atoms with Crippen molar-refractivity contribution in [1.82, 2.24) is 0 Å². The molecule has 0 bridgehead atoms. The molecule has 2 atom stereocenters. The number of rotatable bonds is 1. The first-order valence-corrected chi connectivity index (χ1v) is 5.40. The van der Waals surface area contributed by atoms with Crippen LogP contribution in [0.5, 0.6) is 0 Å². The SMILES string of the molecule is CSC1=C(C)C=NC2=NC(C)[N-][NH+]21. The zero-order valence-corrected chi connectivity index (χ0v) is 8.72. The molecule has 0 aromatic heterocycles. The average Bonchev–Trinajstić information content (AvgIpc) is 2.45. The van der Waals surface area contributed by atoms with Crippen LogP contribution in [0.2, 0.25) is 0 Å². The lowest BCUT2D eigenvalue weighted by Crippen LogP contribution is -3.07. The van der Waals surface area contributed by atoms with Crippen LogP contribution in [0.4, 0.5) is 0 Å². The molecule has 0 saturated carbocycles. The largest absolute Gasteiger partial charge is 0.417 e. The fourth-order valence-corrected chi connectivity index (χ4v) is 2.14. The van der Waals surface area contributed by atoms with Gasteiger partial charge < -0.3 is 5.43 Å². The second kappa shape index (κ2) is 3.25. The monoisotopic (exact) mass is 196 g/mol. The highest BCUT2D eigenvalue weighted by Crippen LogP contribution is 2.16. The summed E-state index contributed by atoms with van der Waals surface area (Å²) in [5.74, 6) is 0.794. The second-order valence-corrected chi connectivity index (χ2v) is 3.85. The second-order valence-electron chi connectivity index (χ2n) is 3.04. The molecule has 2 unspecified atom stereocenters. The topological polar surface area (TPSA) is 43.3 Å². The van der Waals surface area contributed by atoms with Crippen LogP contribution < -0.4 is 5.01 Å². The fraction of sp³-hybridized carbons (Fsp3) is 0.500. The number of guanidine groups is 1. The first-order chi connectivity index (χ1) is 6.22. The van der Waals surface area contributed by atoms with E-state index in [-0.39, 0.29) is 6.17 Å². The first-order valence-electron chi connectivity index (χ1n) is 4.17. The van der Waals surface area contributed by atoms with Gasteiger partial charge in [0.05, 0.1) is 0 Å². The normalized spacial score (nSPS) is 32.1. The molecular weight excluding hydrogens is 184 g/mol. The molecule has 0 radical (unpaired) electrons. The molecule has 0 fully saturated rings. The molecular formula is C8H12N4S. The van der Waals surface area contributed by atoms with E-state index in [9.17, 15) is 0 Å². The Balaban J connectivity index is 2.36. The maximum absolute atomic E-state index is 4.43. The molecule has 2 rings (SSSR count). The van der Waals surface area contributed by atoms with Crippen LogP contribution >= 0.6 is 11.8 Å². The molecule has 2 heterocycles. The molecule has 0 amide bonds. The van der Waals surface area contributed by atoms with Crippen molar-refractivity contribution in [3.05, 3.63) is 16.0 Å². The number of fused-ring (bicyclic) bond motifs is 1. The van der Waals surface area contributed by atoms with E-state index in [1.807, 2.05) is 13.1 Å². The molecule has 0 spiro atoms. The van der Waals surface area contributed by atoms with Gasteiger partial charge in [-0.05, 0) is 13.2 Å². The zero-order valence-electron chi connectivity index (χ0n) is 7.90. The Morgan fingerprint density at radius 1 is 1.62 bits per heavy atom. The third-order valence-corrected chi connectivity index (χ3v) is 2.92. The summed E-state index contributed by atoms with van der Waals surface area (Å²) in [6, 6.07) is 0. The van der Waals surface area contributed by atoms with Gasteiger partial charge in [0.2, 0.25) is 0 Å². The molecule has 13 heavy (non-hydrogen) atoms. The van der Waals surface area contributed by atoms with Crippen LogP contribution in [0, 0.1) is 0 Å². The first kappa shape index (κ1) is 8.93. The number of quaternary nitrogens is 1. The standard InChI is InChI=1S/C8H12N4S/c1-5-4-9-8-10-6(2)11-12(8)7(5)13-3/h4,6,12H,1-3H3. The quantitative estimate of drug-likeness (QED) is 0.654. The van der Waals surface area contributed by atoms with Gasteiger partial charge in [-0.25, -0.2) is 4.99 Å². The predicted octanol–water partition coefficient (Wildman–Crippen LogP) is 0.554. The van der Waals surface area contributed by atoms with Crippen molar-refractivity contribution in [2.24, 2.45) is 9.98 Å². The molecule has 1 N–H and O–H groups in total. The fourth-order valence-electron chi connectivity index (χ4n) is 1.43. The van der Waals surface area contributed by atoms with Crippen molar-refractivity contribution < 1.29 is 5.01 Å². The minimum atomic E-state index is 0.0372. The summed E-state index contributed by atoms with van der Waals surface area (Å²) in [5, 5.41) is 2.18. The van der Waals surface area contributed by atoms with Crippen molar-refractivity contribution >= 4 is 23.9 Å². The van der Waals surface area contributed by atoms with Crippen LogP contribution in [0.3, 0.4) is 0 Å². The summed E-state index contributed by atoms with van der Waals surface area (Å²) < 4.78 is 0. The molecule has 0 saturated heterocycles. The summed E-state index contributed by atoms with van der Waals surface area (Å²) in [6.45, 7) is 4.03. The summed E-state index contributed by atoms with van der Waals surface area (Å²) in [5.41, 5.74) is 5.61. The molecule has 5 heteroatoms. The highest BCUT2D eigenvalue weighted by molar-refractivity contribution is 8.02. The van der Waals surface area contributed by atoms with Crippen LogP contribution in [0.1, 0.15) is 13.8 Å². The maximum Gasteiger partial charge on any atom is 0.317 e. The van der Waals surface area contributed by atoms with E-state index < -0.39 is 0 Å². The van der Waals surface area contributed by atoms with Crippen LogP contribution in [0.25, 0.3) is 5.43 Å². The molecule has 4 nitrogen and oxygen atoms in total. The van der Waals surface area contributed by atoms with Crippen molar-refractivity contribution in [1.29, 1.82) is 0 Å². The van der Waals surface area contributed by atoms with E-state index >= 15 is 0 Å². The van der Waals surface area contributed by atoms with Gasteiger partial charge >= 0.3 is 5.96 Å². The number of allylic oxidation sites excluding steroid dienone is 1. The Kier molecular flexibility index (Phi) is 2.23. The van der Waals surface area contributed by atoms with Gasteiger partial charge in [-0.3, -0.25) is 5.01 Å². The summed E-state index contributed by atoms with van der Waals surface area (Å²) in [6.07, 6.45) is 3.96. The zero-order chi connectivity index (χ0) is 9.42. The molecule has 0 aromatic rings. The smallest absolute Gasteiger partial charge is 0.317 e. The van der Waals surface area contributed by atoms with Crippen molar-refractivity contribution in [2.45, 2.75) is 20.0 Å². The summed E-state index contributed by atoms with van der Waals surface area (Å²) in [7, 11) is 0. The van der Waals surface area contributed by atoms with E-state index in [0.29, 0.717) is 0 Å². The Hall–Kier alpha value is -0.650. The van der Waals surface area contributed by atoms with E-state index in [1.165, 1.54) is 10.6 Å². The van der Waals surface area contributed by atoms with Gasteiger partial charge in [-0.15, -0.1) is 0 Å². The van der Waals surface area contributed by atoms with Gasteiger partial charge in [0.25, 0.3) is 0 Å². The molecule has 0 aliphatic carbocycles. The van der Waals surface area contributed by atoms with E-state index in [1.54, 1.807) is 11.8 Å². The summed E-state index contributed by atoms with van der Waals surface area (Å²) >= 11 is 1.71. The van der Waals surface area contributed by atoms with Crippen molar-refractivity contribution in [3.63, 3.8) is 0 Å². The Labute approximate surface area is 81.8 Å². The Morgan fingerprint density at radius 2 is 2.38 bits per heavy atom. The third kappa shape index (κ3) is 1.43. The number of hydrogen-bond donors (Lipinski definition) is 1. The average molecular weight is 196 g/mol. The van der Waals surface area contributed by atoms with Gasteiger partial charge in [0, 0.05) is 18.0 Å². The maximum atomic E-state index is 4.43. The Bertz CT molecular complexity index is 318. The van der Waals surface area contributed by atoms with Gasteiger partial charge in [0.15, 0.2) is 5.03 Å². The molecule has 0 aromatic carbocycles. The predicted molar refractivity (Wildman–Crippen MR) is 55.9 cm³/mol. The lowest BCUT2D eigenvalue weighted by Gasteiger charge is -2.27. The van der Waals surface area contributed by atoms with Gasteiger partial charge in [-0.2, -0.15) is 4.99 Å². The van der Waals surface area contributed by atoms with Gasteiger partial charge in [0.1, 0.15) is 0 Å². The number of hydrogen-bond acceptors (Lipinski definition) is 3. The highest BCUT2D eigenvalue weighted by Gasteiger charge is 2.26. The Morgan fingerprint density at radius 3 is 3.08 bits per heavy atom. The van der Waals surface area contributed by atoms with E-state index in [0.717, 1.165) is 11.0 Å². The van der Waals surface area contributed by atoms with Gasteiger partial charge in [-0.1, -0.05) is 18.7 Å². The van der Waals surface area contributed by atoms with Crippen LogP contribution in [-0.2, 0) is 0 Å². The lowest BCUT2D eigenvalue weighted by molar-refractivity contribution is -0.706. The highest BCUT2D eigenvalue weighted by atomic mass is 32.2. The molecule has 2 aliphatic rings. The van der Waals surface area contributed by atoms with Crippen LogP contribution in [0.15, 0.2) is 20.6 Å². The molecule has 2 aliphatic heterocycles.